The Hall–Kier alpha value is -2.74. The van der Waals surface area contributed by atoms with Crippen molar-refractivity contribution in [1.29, 1.82) is 0 Å². The number of nitrogens with zero attached hydrogens (tertiary/aromatic N) is 4. The van der Waals surface area contributed by atoms with Gasteiger partial charge in [-0.3, -0.25) is 14.5 Å². The predicted molar refractivity (Wildman–Crippen MR) is 109 cm³/mol. The monoisotopic (exact) mass is 399 g/mol. The molecule has 2 aromatic rings. The highest BCUT2D eigenvalue weighted by atomic mass is 16.4. The molecule has 0 bridgehead atoms. The van der Waals surface area contributed by atoms with Crippen LogP contribution in [0.5, 0.6) is 0 Å². The molecule has 0 radical (unpaired) electrons. The van der Waals surface area contributed by atoms with Gasteiger partial charge in [0.2, 0.25) is 23.6 Å². The first-order chi connectivity index (χ1) is 14.0. The van der Waals surface area contributed by atoms with Gasteiger partial charge in [-0.15, -0.1) is 10.2 Å². The molecule has 1 N–H and O–H groups in total. The van der Waals surface area contributed by atoms with Crippen molar-refractivity contribution in [3.8, 4) is 11.5 Å². The molecular formula is C21H29N5O3. The molecule has 0 aliphatic carbocycles. The van der Waals surface area contributed by atoms with Crippen LogP contribution in [0.2, 0.25) is 0 Å². The highest BCUT2D eigenvalue weighted by molar-refractivity contribution is 5.78. The van der Waals surface area contributed by atoms with Crippen molar-refractivity contribution in [2.24, 2.45) is 0 Å². The Balaban J connectivity index is 1.41. The lowest BCUT2D eigenvalue weighted by Gasteiger charge is -2.34. The zero-order valence-electron chi connectivity index (χ0n) is 17.2. The third-order valence-corrected chi connectivity index (χ3v) is 4.98. The Labute approximate surface area is 171 Å². The number of rotatable bonds is 8. The van der Waals surface area contributed by atoms with Crippen LogP contribution in [-0.2, 0) is 16.0 Å². The van der Waals surface area contributed by atoms with E-state index in [4.69, 9.17) is 4.42 Å². The smallest absolute Gasteiger partial charge is 0.247 e. The highest BCUT2D eigenvalue weighted by Crippen LogP contribution is 2.19. The molecule has 156 valence electrons. The molecule has 0 atom stereocenters. The summed E-state index contributed by atoms with van der Waals surface area (Å²) in [6.45, 7) is 7.85. The number of aryl methyl sites for hydroxylation is 2. The molecule has 2 heterocycles. The third kappa shape index (κ3) is 6.12. The molecule has 3 rings (SSSR count). The van der Waals surface area contributed by atoms with E-state index in [1.165, 1.54) is 5.56 Å². The number of benzene rings is 1. The molecule has 1 aromatic heterocycles. The maximum Gasteiger partial charge on any atom is 0.247 e. The molecule has 29 heavy (non-hydrogen) atoms. The first kappa shape index (κ1) is 21.0. The standard InChI is InChI=1S/C21H29N5O3/c1-3-10-22-18(27)15-25-11-13-26(14-12-25)20(28)9-8-19-23-24-21(29-19)17-6-4-16(2)5-7-17/h4-7H,3,8-15H2,1-2H3,(H,22,27). The minimum absolute atomic E-state index is 0.0485. The van der Waals surface area contributed by atoms with Gasteiger partial charge in [0.1, 0.15) is 0 Å². The number of hydrogen-bond donors (Lipinski definition) is 1. The van der Waals surface area contributed by atoms with E-state index in [1.54, 1.807) is 0 Å². The van der Waals surface area contributed by atoms with Crippen molar-refractivity contribution < 1.29 is 14.0 Å². The fourth-order valence-corrected chi connectivity index (χ4v) is 3.22. The Kier molecular flexibility index (Phi) is 7.35. The van der Waals surface area contributed by atoms with E-state index in [0.29, 0.717) is 63.9 Å². The molecule has 1 aromatic carbocycles. The topological polar surface area (TPSA) is 91.6 Å². The maximum absolute atomic E-state index is 12.5. The van der Waals surface area contributed by atoms with Gasteiger partial charge < -0.3 is 14.6 Å². The number of amides is 2. The van der Waals surface area contributed by atoms with Gasteiger partial charge in [-0.05, 0) is 25.5 Å². The van der Waals surface area contributed by atoms with Crippen LogP contribution in [0.4, 0.5) is 0 Å². The SMILES string of the molecule is CCCNC(=O)CN1CCN(C(=O)CCc2nnc(-c3ccc(C)cc3)o2)CC1. The Morgan fingerprint density at radius 3 is 2.52 bits per heavy atom. The second kappa shape index (κ2) is 10.2. The average Bonchev–Trinajstić information content (AvgIpc) is 3.20. The van der Waals surface area contributed by atoms with E-state index in [0.717, 1.165) is 12.0 Å². The van der Waals surface area contributed by atoms with Gasteiger partial charge in [-0.1, -0.05) is 24.6 Å². The third-order valence-electron chi connectivity index (χ3n) is 4.98. The van der Waals surface area contributed by atoms with Crippen molar-refractivity contribution >= 4 is 11.8 Å². The van der Waals surface area contributed by atoms with Gasteiger partial charge in [0.15, 0.2) is 0 Å². The van der Waals surface area contributed by atoms with Crippen LogP contribution in [-0.4, -0.2) is 71.1 Å². The summed E-state index contributed by atoms with van der Waals surface area (Å²) in [5.74, 6) is 1.07. The summed E-state index contributed by atoms with van der Waals surface area (Å²) >= 11 is 0. The van der Waals surface area contributed by atoms with Crippen molar-refractivity contribution in [3.63, 3.8) is 0 Å². The quantitative estimate of drug-likeness (QED) is 0.726. The summed E-state index contributed by atoms with van der Waals surface area (Å²) in [6.07, 6.45) is 1.70. The van der Waals surface area contributed by atoms with Gasteiger partial charge in [0.25, 0.3) is 0 Å². The first-order valence-corrected chi connectivity index (χ1v) is 10.2. The molecule has 8 heteroatoms. The van der Waals surface area contributed by atoms with E-state index < -0.39 is 0 Å². The highest BCUT2D eigenvalue weighted by Gasteiger charge is 2.22. The summed E-state index contributed by atoms with van der Waals surface area (Å²) < 4.78 is 5.69. The van der Waals surface area contributed by atoms with Crippen LogP contribution < -0.4 is 5.32 Å². The van der Waals surface area contributed by atoms with Crippen LogP contribution >= 0.6 is 0 Å². The fraction of sp³-hybridized carbons (Fsp3) is 0.524. The normalized spacial score (nSPS) is 14.8. The van der Waals surface area contributed by atoms with E-state index in [1.807, 2.05) is 43.0 Å². The fourth-order valence-electron chi connectivity index (χ4n) is 3.22. The minimum Gasteiger partial charge on any atom is -0.421 e. The Morgan fingerprint density at radius 2 is 1.83 bits per heavy atom. The second-order valence-corrected chi connectivity index (χ2v) is 7.37. The zero-order chi connectivity index (χ0) is 20.6. The minimum atomic E-state index is 0.0485. The summed E-state index contributed by atoms with van der Waals surface area (Å²) in [5.41, 5.74) is 2.04. The molecule has 1 saturated heterocycles. The summed E-state index contributed by atoms with van der Waals surface area (Å²) in [4.78, 5) is 28.2. The van der Waals surface area contributed by atoms with Crippen LogP contribution in [0.3, 0.4) is 0 Å². The number of piperazine rings is 1. The maximum atomic E-state index is 12.5. The van der Waals surface area contributed by atoms with Crippen LogP contribution in [0, 0.1) is 6.92 Å². The number of aromatic nitrogens is 2. The second-order valence-electron chi connectivity index (χ2n) is 7.37. The first-order valence-electron chi connectivity index (χ1n) is 10.2. The van der Waals surface area contributed by atoms with E-state index in [2.05, 4.69) is 20.4 Å². The molecule has 1 fully saturated rings. The molecule has 8 nitrogen and oxygen atoms in total. The van der Waals surface area contributed by atoms with Crippen molar-refractivity contribution in [2.75, 3.05) is 39.3 Å². The predicted octanol–water partition coefficient (Wildman–Crippen LogP) is 1.65. The zero-order valence-corrected chi connectivity index (χ0v) is 17.2. The number of nitrogens with one attached hydrogen (secondary N) is 1. The molecule has 2 amide bonds. The van der Waals surface area contributed by atoms with Gasteiger partial charge in [-0.2, -0.15) is 0 Å². The summed E-state index contributed by atoms with van der Waals surface area (Å²) in [7, 11) is 0. The molecule has 0 unspecified atom stereocenters. The number of carbonyl (C=O) groups is 2. The average molecular weight is 399 g/mol. The van der Waals surface area contributed by atoms with Crippen molar-refractivity contribution in [2.45, 2.75) is 33.1 Å². The van der Waals surface area contributed by atoms with Crippen molar-refractivity contribution in [1.82, 2.24) is 25.3 Å². The van der Waals surface area contributed by atoms with Crippen LogP contribution in [0.25, 0.3) is 11.5 Å². The lowest BCUT2D eigenvalue weighted by molar-refractivity contribution is -0.133. The largest absolute Gasteiger partial charge is 0.421 e. The lowest BCUT2D eigenvalue weighted by atomic mass is 10.1. The van der Waals surface area contributed by atoms with Gasteiger partial charge in [0.05, 0.1) is 6.54 Å². The lowest BCUT2D eigenvalue weighted by Crippen LogP contribution is -2.51. The molecule has 0 saturated carbocycles. The summed E-state index contributed by atoms with van der Waals surface area (Å²) in [5, 5.41) is 11.0. The van der Waals surface area contributed by atoms with Crippen LogP contribution in [0.15, 0.2) is 28.7 Å². The van der Waals surface area contributed by atoms with E-state index in [-0.39, 0.29) is 11.8 Å². The number of hydrogen-bond acceptors (Lipinski definition) is 6. The van der Waals surface area contributed by atoms with E-state index in [9.17, 15) is 9.59 Å². The van der Waals surface area contributed by atoms with Crippen molar-refractivity contribution in [3.05, 3.63) is 35.7 Å². The summed E-state index contributed by atoms with van der Waals surface area (Å²) in [6, 6.07) is 7.88. The van der Waals surface area contributed by atoms with Gasteiger partial charge in [0, 0.05) is 51.1 Å². The molecule has 0 spiro atoms. The molecule has 1 aliphatic heterocycles. The van der Waals surface area contributed by atoms with Gasteiger partial charge >= 0.3 is 0 Å². The van der Waals surface area contributed by atoms with E-state index >= 15 is 0 Å². The Bertz CT molecular complexity index is 810. The van der Waals surface area contributed by atoms with Crippen LogP contribution in [0.1, 0.15) is 31.2 Å². The molecular weight excluding hydrogens is 370 g/mol. The Morgan fingerprint density at radius 1 is 1.10 bits per heavy atom. The van der Waals surface area contributed by atoms with Gasteiger partial charge in [-0.25, -0.2) is 0 Å². The molecule has 1 aliphatic rings. The number of carbonyl (C=O) groups excluding carboxylic acids is 2.